The molecule has 0 bridgehead atoms. The molecule has 1 aromatic heterocycles. The molecule has 1 aliphatic carbocycles. The van der Waals surface area contributed by atoms with Crippen molar-refractivity contribution in [3.63, 3.8) is 0 Å². The molecule has 17 heavy (non-hydrogen) atoms. The molecule has 1 N–H and O–H groups in total. The molecule has 2 rings (SSSR count). The fourth-order valence-corrected chi connectivity index (χ4v) is 3.03. The van der Waals surface area contributed by atoms with E-state index in [9.17, 15) is 4.79 Å². The van der Waals surface area contributed by atoms with Crippen LogP contribution in [0.5, 0.6) is 0 Å². The Morgan fingerprint density at radius 1 is 1.59 bits per heavy atom. The fourth-order valence-electron chi connectivity index (χ4n) is 2.58. The van der Waals surface area contributed by atoms with E-state index >= 15 is 0 Å². The molecule has 0 aromatic carbocycles. The number of nitrogens with zero attached hydrogens (tertiary/aromatic N) is 1. The second-order valence-corrected chi connectivity index (χ2v) is 5.55. The van der Waals surface area contributed by atoms with Gasteiger partial charge in [-0.2, -0.15) is 0 Å². The molecule has 92 valence electrons. The standard InChI is InChI=1S/C13H16BrNO2/c1-9-3-2-4-12(9)15-8-10(14)7-11(15)5-6-13(16)17/h5-9,12H,2-4H2,1H3,(H,16,17)/b6-5+/t9-,12+/m0/s1. The third-order valence-corrected chi connectivity index (χ3v) is 3.85. The topological polar surface area (TPSA) is 42.2 Å². The van der Waals surface area contributed by atoms with Gasteiger partial charge in [0.1, 0.15) is 0 Å². The van der Waals surface area contributed by atoms with Gasteiger partial charge in [-0.1, -0.05) is 13.3 Å². The van der Waals surface area contributed by atoms with Crippen LogP contribution in [0.4, 0.5) is 0 Å². The van der Waals surface area contributed by atoms with Crippen molar-refractivity contribution in [1.29, 1.82) is 0 Å². The number of aliphatic carboxylic acids is 1. The van der Waals surface area contributed by atoms with Gasteiger partial charge in [-0.25, -0.2) is 4.79 Å². The lowest BCUT2D eigenvalue weighted by Crippen LogP contribution is -2.11. The zero-order valence-electron chi connectivity index (χ0n) is 9.77. The largest absolute Gasteiger partial charge is 0.478 e. The average Bonchev–Trinajstić information content (AvgIpc) is 2.81. The molecule has 3 nitrogen and oxygen atoms in total. The van der Waals surface area contributed by atoms with Crippen molar-refractivity contribution in [1.82, 2.24) is 4.57 Å². The summed E-state index contributed by atoms with van der Waals surface area (Å²) in [5.41, 5.74) is 0.957. The summed E-state index contributed by atoms with van der Waals surface area (Å²) in [5.74, 6) is -0.250. The van der Waals surface area contributed by atoms with Crippen LogP contribution in [-0.4, -0.2) is 15.6 Å². The van der Waals surface area contributed by atoms with Crippen molar-refractivity contribution < 1.29 is 9.90 Å². The Hall–Kier alpha value is -1.03. The molecule has 0 unspecified atom stereocenters. The van der Waals surface area contributed by atoms with Crippen LogP contribution >= 0.6 is 15.9 Å². The summed E-state index contributed by atoms with van der Waals surface area (Å²) in [5, 5.41) is 8.68. The molecule has 2 atom stereocenters. The summed E-state index contributed by atoms with van der Waals surface area (Å²) in [4.78, 5) is 10.6. The maximum Gasteiger partial charge on any atom is 0.328 e. The van der Waals surface area contributed by atoms with Crippen LogP contribution in [0.2, 0.25) is 0 Å². The first-order valence-corrected chi connectivity index (χ1v) is 6.65. The summed E-state index contributed by atoms with van der Waals surface area (Å²) in [7, 11) is 0. The second-order valence-electron chi connectivity index (χ2n) is 4.64. The lowest BCUT2D eigenvalue weighted by molar-refractivity contribution is -0.131. The molecule has 1 aromatic rings. The molecule has 1 heterocycles. The predicted molar refractivity (Wildman–Crippen MR) is 70.9 cm³/mol. The quantitative estimate of drug-likeness (QED) is 0.864. The molecular weight excluding hydrogens is 282 g/mol. The fraction of sp³-hybridized carbons (Fsp3) is 0.462. The van der Waals surface area contributed by atoms with Gasteiger partial charge in [0.05, 0.1) is 0 Å². The first-order chi connectivity index (χ1) is 8.08. The van der Waals surface area contributed by atoms with Gasteiger partial charge >= 0.3 is 5.97 Å². The molecule has 0 amide bonds. The highest BCUT2D eigenvalue weighted by Gasteiger charge is 2.25. The maximum atomic E-state index is 10.6. The summed E-state index contributed by atoms with van der Waals surface area (Å²) in [6, 6.07) is 2.46. The van der Waals surface area contributed by atoms with Gasteiger partial charge < -0.3 is 9.67 Å². The van der Waals surface area contributed by atoms with Crippen molar-refractivity contribution >= 4 is 28.0 Å². The van der Waals surface area contributed by atoms with Crippen LogP contribution in [0.15, 0.2) is 22.8 Å². The minimum Gasteiger partial charge on any atom is -0.478 e. The third-order valence-electron chi connectivity index (χ3n) is 3.42. The minimum atomic E-state index is -0.909. The summed E-state index contributed by atoms with van der Waals surface area (Å²) in [6.07, 6.45) is 8.59. The number of hydrogen-bond donors (Lipinski definition) is 1. The molecule has 0 saturated heterocycles. The van der Waals surface area contributed by atoms with Gasteiger partial charge in [0, 0.05) is 28.5 Å². The molecule has 1 saturated carbocycles. The summed E-state index contributed by atoms with van der Waals surface area (Å²) in [6.45, 7) is 2.26. The second kappa shape index (κ2) is 5.08. The first kappa shape index (κ1) is 12.4. The van der Waals surface area contributed by atoms with E-state index < -0.39 is 5.97 Å². The van der Waals surface area contributed by atoms with Crippen molar-refractivity contribution in [3.8, 4) is 0 Å². The van der Waals surface area contributed by atoms with Crippen LogP contribution < -0.4 is 0 Å². The minimum absolute atomic E-state index is 0.495. The van der Waals surface area contributed by atoms with Crippen LogP contribution in [0, 0.1) is 5.92 Å². The maximum absolute atomic E-state index is 10.6. The number of halogens is 1. The van der Waals surface area contributed by atoms with E-state index in [0.717, 1.165) is 10.2 Å². The Bertz CT molecular complexity index is 450. The van der Waals surface area contributed by atoms with Crippen molar-refractivity contribution in [2.75, 3.05) is 0 Å². The van der Waals surface area contributed by atoms with Crippen LogP contribution in [0.3, 0.4) is 0 Å². The molecule has 0 spiro atoms. The zero-order chi connectivity index (χ0) is 12.4. The molecule has 0 radical (unpaired) electrons. The Morgan fingerprint density at radius 3 is 2.94 bits per heavy atom. The van der Waals surface area contributed by atoms with E-state index in [0.29, 0.717) is 12.0 Å². The Balaban J connectivity index is 2.30. The van der Waals surface area contributed by atoms with E-state index in [1.807, 2.05) is 12.3 Å². The molecule has 1 fully saturated rings. The predicted octanol–water partition coefficient (Wildman–Crippen LogP) is 3.71. The van der Waals surface area contributed by atoms with E-state index in [2.05, 4.69) is 27.4 Å². The molecule has 1 aliphatic rings. The van der Waals surface area contributed by atoms with Crippen LogP contribution in [0.25, 0.3) is 6.08 Å². The van der Waals surface area contributed by atoms with Crippen LogP contribution in [0.1, 0.15) is 37.9 Å². The van der Waals surface area contributed by atoms with Gasteiger partial charge in [-0.3, -0.25) is 0 Å². The van der Waals surface area contributed by atoms with Crippen molar-refractivity contribution in [2.45, 2.75) is 32.2 Å². The number of hydrogen-bond acceptors (Lipinski definition) is 1. The van der Waals surface area contributed by atoms with Gasteiger partial charge in [0.25, 0.3) is 0 Å². The van der Waals surface area contributed by atoms with E-state index in [4.69, 9.17) is 5.11 Å². The average molecular weight is 298 g/mol. The summed E-state index contributed by atoms with van der Waals surface area (Å²) < 4.78 is 3.20. The normalized spacial score (nSPS) is 24.6. The Morgan fingerprint density at radius 2 is 2.35 bits per heavy atom. The van der Waals surface area contributed by atoms with Crippen molar-refractivity contribution in [2.24, 2.45) is 5.92 Å². The molecule has 0 aliphatic heterocycles. The van der Waals surface area contributed by atoms with E-state index in [1.54, 1.807) is 6.08 Å². The Kier molecular flexibility index (Phi) is 3.72. The number of carboxylic acids is 1. The monoisotopic (exact) mass is 297 g/mol. The SMILES string of the molecule is C[C@H]1CCC[C@H]1n1cc(Br)cc1/C=C/C(=O)O. The van der Waals surface area contributed by atoms with Gasteiger partial charge in [-0.05, 0) is 46.8 Å². The van der Waals surface area contributed by atoms with Gasteiger partial charge in [0.2, 0.25) is 0 Å². The molecule has 4 heteroatoms. The lowest BCUT2D eigenvalue weighted by Gasteiger charge is -2.19. The number of rotatable bonds is 3. The smallest absolute Gasteiger partial charge is 0.328 e. The van der Waals surface area contributed by atoms with Crippen LogP contribution in [-0.2, 0) is 4.79 Å². The van der Waals surface area contributed by atoms with Crippen molar-refractivity contribution in [3.05, 3.63) is 28.5 Å². The zero-order valence-corrected chi connectivity index (χ0v) is 11.4. The van der Waals surface area contributed by atoms with E-state index in [-0.39, 0.29) is 0 Å². The number of carbonyl (C=O) groups is 1. The highest BCUT2D eigenvalue weighted by atomic mass is 79.9. The van der Waals surface area contributed by atoms with Gasteiger partial charge in [0.15, 0.2) is 0 Å². The Labute approximate surface area is 109 Å². The lowest BCUT2D eigenvalue weighted by atomic mass is 10.1. The number of carboxylic acid groups (broad SMARTS) is 1. The summed E-state index contributed by atoms with van der Waals surface area (Å²) >= 11 is 3.45. The van der Waals surface area contributed by atoms with Gasteiger partial charge in [-0.15, -0.1) is 0 Å². The molecular formula is C13H16BrNO2. The third kappa shape index (κ3) is 2.80. The highest BCUT2D eigenvalue weighted by molar-refractivity contribution is 9.10. The number of aromatic nitrogens is 1. The van der Waals surface area contributed by atoms with E-state index in [1.165, 1.54) is 25.3 Å². The highest BCUT2D eigenvalue weighted by Crippen LogP contribution is 2.37. The first-order valence-electron chi connectivity index (χ1n) is 5.86.